The van der Waals surface area contributed by atoms with E-state index < -0.39 is 12.1 Å². The number of halogens is 3. The van der Waals surface area contributed by atoms with Gasteiger partial charge in [0.05, 0.1) is 18.8 Å². The fourth-order valence-corrected chi connectivity index (χ4v) is 4.50. The molecule has 12 heteroatoms. The maximum atomic E-state index is 13.1. The molecule has 0 radical (unpaired) electrons. The molecule has 1 saturated heterocycles. The molecule has 1 fully saturated rings. The molecule has 4 aromatic rings. The molecule has 0 unspecified atom stereocenters. The molecule has 1 atom stereocenters. The molecule has 0 bridgehead atoms. The van der Waals surface area contributed by atoms with Crippen molar-refractivity contribution in [2.75, 3.05) is 30.3 Å². The highest BCUT2D eigenvalue weighted by atomic mass is 19.4. The SMILES string of the molecule is Cc1ccc(NC(=O)CN2CCC[C@H](C(F)(F)F)C2)cc1Nc1ncccc1-c1ncnc2nc[nH]c12. The molecule has 192 valence electrons. The Labute approximate surface area is 210 Å². The zero-order valence-electron chi connectivity index (χ0n) is 20.0. The van der Waals surface area contributed by atoms with Crippen molar-refractivity contribution in [3.63, 3.8) is 0 Å². The van der Waals surface area contributed by atoms with Crippen LogP contribution in [0.3, 0.4) is 0 Å². The van der Waals surface area contributed by atoms with Crippen LogP contribution >= 0.6 is 0 Å². The van der Waals surface area contributed by atoms with Gasteiger partial charge in [0.15, 0.2) is 5.65 Å². The van der Waals surface area contributed by atoms with Gasteiger partial charge in [-0.2, -0.15) is 13.2 Å². The fourth-order valence-electron chi connectivity index (χ4n) is 4.50. The molecule has 1 aliphatic heterocycles. The predicted molar refractivity (Wildman–Crippen MR) is 133 cm³/mol. The Kier molecular flexibility index (Phi) is 6.74. The van der Waals surface area contributed by atoms with Crippen molar-refractivity contribution in [2.45, 2.75) is 25.9 Å². The van der Waals surface area contributed by atoms with Gasteiger partial charge in [0, 0.05) is 29.7 Å². The zero-order chi connectivity index (χ0) is 26.0. The molecular formula is C25H25F3N8O. The van der Waals surface area contributed by atoms with Crippen LogP contribution in [0, 0.1) is 12.8 Å². The van der Waals surface area contributed by atoms with E-state index in [0.29, 0.717) is 47.0 Å². The Balaban J connectivity index is 1.32. The summed E-state index contributed by atoms with van der Waals surface area (Å²) < 4.78 is 39.3. The van der Waals surface area contributed by atoms with E-state index in [2.05, 4.69) is 35.6 Å². The molecule has 0 saturated carbocycles. The van der Waals surface area contributed by atoms with Crippen LogP contribution in [-0.2, 0) is 4.79 Å². The van der Waals surface area contributed by atoms with Crippen LogP contribution in [0.5, 0.6) is 0 Å². The second kappa shape index (κ2) is 10.1. The van der Waals surface area contributed by atoms with Gasteiger partial charge in [0.2, 0.25) is 5.91 Å². The Morgan fingerprint density at radius 1 is 1.19 bits per heavy atom. The first-order valence-corrected chi connectivity index (χ1v) is 11.8. The number of rotatable bonds is 6. The van der Waals surface area contributed by atoms with E-state index in [1.165, 1.54) is 6.33 Å². The van der Waals surface area contributed by atoms with Gasteiger partial charge in [-0.15, -0.1) is 0 Å². The van der Waals surface area contributed by atoms with Gasteiger partial charge in [-0.05, 0) is 56.1 Å². The number of aromatic nitrogens is 5. The second-order valence-electron chi connectivity index (χ2n) is 9.04. The molecule has 4 heterocycles. The number of aromatic amines is 1. The number of benzene rings is 1. The van der Waals surface area contributed by atoms with Crippen LogP contribution in [0.2, 0.25) is 0 Å². The highest BCUT2D eigenvalue weighted by Crippen LogP contribution is 2.34. The third-order valence-electron chi connectivity index (χ3n) is 6.40. The first kappa shape index (κ1) is 24.6. The van der Waals surface area contributed by atoms with Crippen molar-refractivity contribution < 1.29 is 18.0 Å². The minimum absolute atomic E-state index is 0.0957. The number of H-pyrrole nitrogens is 1. The zero-order valence-corrected chi connectivity index (χ0v) is 20.0. The Morgan fingerprint density at radius 3 is 2.89 bits per heavy atom. The van der Waals surface area contributed by atoms with Gasteiger partial charge in [0.1, 0.15) is 23.4 Å². The number of likely N-dealkylation sites (tertiary alicyclic amines) is 1. The molecule has 37 heavy (non-hydrogen) atoms. The van der Waals surface area contributed by atoms with E-state index in [4.69, 9.17) is 0 Å². The number of piperidine rings is 1. The Hall–Kier alpha value is -4.06. The lowest BCUT2D eigenvalue weighted by Gasteiger charge is -2.33. The summed E-state index contributed by atoms with van der Waals surface area (Å²) >= 11 is 0. The third-order valence-corrected chi connectivity index (χ3v) is 6.40. The van der Waals surface area contributed by atoms with Crippen molar-refractivity contribution >= 4 is 34.3 Å². The number of alkyl halides is 3. The van der Waals surface area contributed by atoms with E-state index in [0.717, 1.165) is 11.1 Å². The van der Waals surface area contributed by atoms with Gasteiger partial charge in [-0.25, -0.2) is 19.9 Å². The fraction of sp³-hybridized carbons (Fsp3) is 0.320. The summed E-state index contributed by atoms with van der Waals surface area (Å²) in [7, 11) is 0. The lowest BCUT2D eigenvalue weighted by atomic mass is 9.97. The van der Waals surface area contributed by atoms with Gasteiger partial charge < -0.3 is 15.6 Å². The van der Waals surface area contributed by atoms with Crippen molar-refractivity contribution in [3.8, 4) is 11.3 Å². The van der Waals surface area contributed by atoms with Gasteiger partial charge in [-0.1, -0.05) is 6.07 Å². The van der Waals surface area contributed by atoms with Crippen LogP contribution < -0.4 is 10.6 Å². The molecule has 5 rings (SSSR count). The number of nitrogens with one attached hydrogen (secondary N) is 3. The normalized spacial score (nSPS) is 16.6. The number of pyridine rings is 1. The van der Waals surface area contributed by atoms with Crippen LogP contribution in [0.15, 0.2) is 49.2 Å². The number of anilines is 3. The summed E-state index contributed by atoms with van der Waals surface area (Å²) in [6.45, 7) is 2.13. The monoisotopic (exact) mass is 510 g/mol. The topological polar surface area (TPSA) is 112 Å². The largest absolute Gasteiger partial charge is 0.393 e. The lowest BCUT2D eigenvalue weighted by molar-refractivity contribution is -0.186. The highest BCUT2D eigenvalue weighted by Gasteiger charge is 2.41. The summed E-state index contributed by atoms with van der Waals surface area (Å²) in [5.41, 5.74) is 4.74. The highest BCUT2D eigenvalue weighted by molar-refractivity contribution is 5.94. The number of nitrogens with zero attached hydrogens (tertiary/aromatic N) is 5. The molecular weight excluding hydrogens is 485 g/mol. The van der Waals surface area contributed by atoms with Crippen molar-refractivity contribution in [1.82, 2.24) is 29.8 Å². The molecule has 1 amide bonds. The average Bonchev–Trinajstić information content (AvgIpc) is 3.35. The second-order valence-corrected chi connectivity index (χ2v) is 9.04. The molecule has 3 aromatic heterocycles. The van der Waals surface area contributed by atoms with E-state index in [1.807, 2.05) is 19.1 Å². The number of fused-ring (bicyclic) bond motifs is 1. The Morgan fingerprint density at radius 2 is 2.05 bits per heavy atom. The van der Waals surface area contributed by atoms with E-state index >= 15 is 0 Å². The van der Waals surface area contributed by atoms with Crippen molar-refractivity contribution in [3.05, 3.63) is 54.7 Å². The van der Waals surface area contributed by atoms with Crippen molar-refractivity contribution in [2.24, 2.45) is 5.92 Å². The number of hydrogen-bond donors (Lipinski definition) is 3. The first-order valence-electron chi connectivity index (χ1n) is 11.8. The minimum atomic E-state index is -4.24. The summed E-state index contributed by atoms with van der Waals surface area (Å²) in [6.07, 6.45) is 0.924. The maximum absolute atomic E-state index is 13.1. The molecule has 0 aliphatic carbocycles. The summed E-state index contributed by atoms with van der Waals surface area (Å²) in [6, 6.07) is 9.06. The van der Waals surface area contributed by atoms with Crippen LogP contribution in [0.4, 0.5) is 30.4 Å². The average molecular weight is 511 g/mol. The lowest BCUT2D eigenvalue weighted by Crippen LogP contribution is -2.44. The summed E-state index contributed by atoms with van der Waals surface area (Å²) in [4.78, 5) is 34.5. The van der Waals surface area contributed by atoms with Crippen LogP contribution in [0.25, 0.3) is 22.4 Å². The quantitative estimate of drug-likeness (QED) is 0.345. The predicted octanol–water partition coefficient (Wildman–Crippen LogP) is 4.68. The van der Waals surface area contributed by atoms with Gasteiger partial charge in [-0.3, -0.25) is 9.69 Å². The Bertz CT molecular complexity index is 1420. The smallest absolute Gasteiger partial charge is 0.341 e. The molecule has 3 N–H and O–H groups in total. The standard InChI is InChI=1S/C25H25F3N8O/c1-15-6-7-17(34-20(37)12-36-9-3-4-16(11-36)25(26,27)28)10-19(15)35-23-18(5-2-8-29-23)21-22-24(32-13-30-21)33-14-31-22/h2,5-8,10,13-14,16H,3-4,9,11-12H2,1H3,(H,29,35)(H,34,37)(H,30,31,32,33)/t16-/m0/s1. The van der Waals surface area contributed by atoms with E-state index in [1.54, 1.807) is 35.6 Å². The first-order chi connectivity index (χ1) is 17.8. The maximum Gasteiger partial charge on any atom is 0.393 e. The molecule has 0 spiro atoms. The number of carbonyl (C=O) groups is 1. The van der Waals surface area contributed by atoms with Gasteiger partial charge in [0.25, 0.3) is 0 Å². The number of hydrogen-bond acceptors (Lipinski definition) is 7. The van der Waals surface area contributed by atoms with Crippen LogP contribution in [-0.4, -0.2) is 61.5 Å². The molecule has 1 aromatic carbocycles. The minimum Gasteiger partial charge on any atom is -0.341 e. The van der Waals surface area contributed by atoms with E-state index in [9.17, 15) is 18.0 Å². The van der Waals surface area contributed by atoms with Crippen LogP contribution in [0.1, 0.15) is 18.4 Å². The number of imidazole rings is 1. The van der Waals surface area contributed by atoms with Gasteiger partial charge >= 0.3 is 6.18 Å². The number of carbonyl (C=O) groups excluding carboxylic acids is 1. The summed E-state index contributed by atoms with van der Waals surface area (Å²) in [5.74, 6) is -1.20. The summed E-state index contributed by atoms with van der Waals surface area (Å²) in [5, 5.41) is 6.13. The van der Waals surface area contributed by atoms with Crippen molar-refractivity contribution in [1.29, 1.82) is 0 Å². The third kappa shape index (κ3) is 5.53. The molecule has 1 aliphatic rings. The van der Waals surface area contributed by atoms with E-state index in [-0.39, 0.29) is 25.4 Å². The number of amides is 1. The molecule has 9 nitrogen and oxygen atoms in total. The number of aryl methyl sites for hydroxylation is 1.